The Bertz CT molecular complexity index is 396. The lowest BCUT2D eigenvalue weighted by Crippen LogP contribution is -1.99. The van der Waals surface area contributed by atoms with Crippen molar-refractivity contribution in [1.29, 1.82) is 5.26 Å². The Labute approximate surface area is 80.7 Å². The molecular weight excluding hydrogens is 184 g/mol. The molecule has 0 saturated carbocycles. The third-order valence-electron chi connectivity index (χ3n) is 1.60. The van der Waals surface area contributed by atoms with Crippen LogP contribution in [0.4, 0.5) is 5.69 Å². The van der Waals surface area contributed by atoms with E-state index in [-0.39, 0.29) is 17.0 Å². The highest BCUT2D eigenvalue weighted by molar-refractivity contribution is 5.57. The largest absolute Gasteiger partial charge is 0.487 e. The molecule has 0 bridgehead atoms. The summed E-state index contributed by atoms with van der Waals surface area (Å²) in [5, 5.41) is 19.3. The summed E-state index contributed by atoms with van der Waals surface area (Å²) in [4.78, 5) is 10.0. The topological polar surface area (TPSA) is 76.2 Å². The molecule has 0 radical (unpaired) electrons. The Morgan fingerprint density at radius 1 is 1.64 bits per heavy atom. The zero-order valence-corrected chi connectivity index (χ0v) is 7.56. The van der Waals surface area contributed by atoms with Crippen molar-refractivity contribution < 1.29 is 9.66 Å². The Hall–Kier alpha value is -2.09. The summed E-state index contributed by atoms with van der Waals surface area (Å²) in [6.45, 7) is 2.05. The lowest BCUT2D eigenvalue weighted by atomic mass is 10.2. The highest BCUT2D eigenvalue weighted by Crippen LogP contribution is 2.29. The summed E-state index contributed by atoms with van der Waals surface area (Å²) in [6.07, 6.45) is 0. The van der Waals surface area contributed by atoms with Gasteiger partial charge in [0.1, 0.15) is 11.6 Å². The minimum Gasteiger partial charge on any atom is -0.487 e. The van der Waals surface area contributed by atoms with E-state index in [9.17, 15) is 10.1 Å². The fraction of sp³-hybridized carbons (Fsp3) is 0.222. The molecule has 1 aromatic carbocycles. The van der Waals surface area contributed by atoms with Crippen LogP contribution in [-0.4, -0.2) is 11.5 Å². The number of ether oxygens (including phenoxy) is 1. The minimum absolute atomic E-state index is 0.0148. The van der Waals surface area contributed by atoms with Crippen LogP contribution < -0.4 is 4.74 Å². The Morgan fingerprint density at radius 3 is 2.86 bits per heavy atom. The molecular formula is C9H8N2O3. The number of hydrogen-bond acceptors (Lipinski definition) is 4. The standard InChI is InChI=1S/C9H8N2O3/c1-2-14-8-5-3-4-7(6-10)9(8)11(12)13/h3-5H,2H2,1H3. The Kier molecular flexibility index (Phi) is 3.02. The van der Waals surface area contributed by atoms with Crippen LogP contribution >= 0.6 is 0 Å². The smallest absolute Gasteiger partial charge is 0.328 e. The van der Waals surface area contributed by atoms with E-state index >= 15 is 0 Å². The third kappa shape index (κ3) is 1.80. The summed E-state index contributed by atoms with van der Waals surface area (Å²) < 4.78 is 5.05. The van der Waals surface area contributed by atoms with Gasteiger partial charge in [0.25, 0.3) is 0 Å². The van der Waals surface area contributed by atoms with E-state index in [0.717, 1.165) is 0 Å². The van der Waals surface area contributed by atoms with Crippen molar-refractivity contribution in [2.45, 2.75) is 6.92 Å². The summed E-state index contributed by atoms with van der Waals surface area (Å²) in [6, 6.07) is 6.17. The number of nitro groups is 1. The van der Waals surface area contributed by atoms with Crippen LogP contribution in [0.15, 0.2) is 18.2 Å². The number of rotatable bonds is 3. The molecule has 5 nitrogen and oxygen atoms in total. The van der Waals surface area contributed by atoms with E-state index in [4.69, 9.17) is 10.00 Å². The van der Waals surface area contributed by atoms with Crippen LogP contribution in [0.2, 0.25) is 0 Å². The van der Waals surface area contributed by atoms with E-state index in [0.29, 0.717) is 6.61 Å². The van der Waals surface area contributed by atoms with Gasteiger partial charge in [-0.05, 0) is 19.1 Å². The van der Waals surface area contributed by atoms with Gasteiger partial charge < -0.3 is 4.74 Å². The molecule has 0 saturated heterocycles. The second kappa shape index (κ2) is 4.23. The Balaban J connectivity index is 3.30. The lowest BCUT2D eigenvalue weighted by Gasteiger charge is -2.03. The molecule has 0 fully saturated rings. The summed E-state index contributed by atoms with van der Waals surface area (Å²) in [5.41, 5.74) is -0.252. The Morgan fingerprint density at radius 2 is 2.36 bits per heavy atom. The number of para-hydroxylation sites is 1. The van der Waals surface area contributed by atoms with Crippen LogP contribution in [0, 0.1) is 21.4 Å². The summed E-state index contributed by atoms with van der Waals surface area (Å²) in [7, 11) is 0. The maximum Gasteiger partial charge on any atom is 0.328 e. The van der Waals surface area contributed by atoms with E-state index in [1.165, 1.54) is 12.1 Å². The zero-order chi connectivity index (χ0) is 10.6. The fourth-order valence-electron chi connectivity index (χ4n) is 1.07. The first-order valence-corrected chi connectivity index (χ1v) is 4.01. The molecule has 0 unspecified atom stereocenters. The van der Waals surface area contributed by atoms with Crippen molar-refractivity contribution in [1.82, 2.24) is 0 Å². The lowest BCUT2D eigenvalue weighted by molar-refractivity contribution is -0.386. The van der Waals surface area contributed by atoms with Gasteiger partial charge in [0, 0.05) is 0 Å². The molecule has 0 aromatic heterocycles. The quantitative estimate of drug-likeness (QED) is 0.541. The van der Waals surface area contributed by atoms with E-state index < -0.39 is 4.92 Å². The van der Waals surface area contributed by atoms with Crippen LogP contribution in [-0.2, 0) is 0 Å². The second-order valence-corrected chi connectivity index (χ2v) is 2.45. The van der Waals surface area contributed by atoms with Crippen molar-refractivity contribution >= 4 is 5.69 Å². The minimum atomic E-state index is -0.608. The van der Waals surface area contributed by atoms with E-state index in [2.05, 4.69) is 0 Å². The third-order valence-corrected chi connectivity index (χ3v) is 1.60. The number of benzene rings is 1. The fourth-order valence-corrected chi connectivity index (χ4v) is 1.07. The zero-order valence-electron chi connectivity index (χ0n) is 7.56. The van der Waals surface area contributed by atoms with Gasteiger partial charge in [-0.3, -0.25) is 10.1 Å². The molecule has 5 heteroatoms. The van der Waals surface area contributed by atoms with Crippen molar-refractivity contribution in [3.63, 3.8) is 0 Å². The molecule has 72 valence electrons. The number of hydrogen-bond donors (Lipinski definition) is 0. The predicted octanol–water partition coefficient (Wildman–Crippen LogP) is 1.87. The number of nitriles is 1. The van der Waals surface area contributed by atoms with Gasteiger partial charge in [0.05, 0.1) is 11.5 Å². The first-order valence-electron chi connectivity index (χ1n) is 4.01. The van der Waals surface area contributed by atoms with Crippen LogP contribution in [0.25, 0.3) is 0 Å². The molecule has 0 aliphatic heterocycles. The highest BCUT2D eigenvalue weighted by Gasteiger charge is 2.20. The highest BCUT2D eigenvalue weighted by atomic mass is 16.6. The van der Waals surface area contributed by atoms with Crippen molar-refractivity contribution in [3.8, 4) is 11.8 Å². The molecule has 1 rings (SSSR count). The summed E-state index contributed by atoms with van der Waals surface area (Å²) >= 11 is 0. The van der Waals surface area contributed by atoms with Gasteiger partial charge in [-0.15, -0.1) is 0 Å². The van der Waals surface area contributed by atoms with E-state index in [1.54, 1.807) is 19.1 Å². The van der Waals surface area contributed by atoms with Gasteiger partial charge in [-0.2, -0.15) is 5.26 Å². The SMILES string of the molecule is CCOc1cccc(C#N)c1[N+](=O)[O-]. The normalized spacial score (nSPS) is 9.14. The average Bonchev–Trinajstić information content (AvgIpc) is 2.17. The molecule has 0 atom stereocenters. The van der Waals surface area contributed by atoms with E-state index in [1.807, 2.05) is 0 Å². The molecule has 0 N–H and O–H groups in total. The van der Waals surface area contributed by atoms with Gasteiger partial charge in [0.15, 0.2) is 5.75 Å². The second-order valence-electron chi connectivity index (χ2n) is 2.45. The molecule has 0 spiro atoms. The van der Waals surface area contributed by atoms with Crippen molar-refractivity contribution in [2.24, 2.45) is 0 Å². The first-order chi connectivity index (χ1) is 6.70. The van der Waals surface area contributed by atoms with Crippen LogP contribution in [0.5, 0.6) is 5.75 Å². The summed E-state index contributed by atoms with van der Waals surface area (Å²) in [5.74, 6) is 0.136. The molecule has 0 aliphatic carbocycles. The van der Waals surface area contributed by atoms with Gasteiger partial charge in [-0.1, -0.05) is 6.07 Å². The number of nitro benzene ring substituents is 1. The van der Waals surface area contributed by atoms with Crippen molar-refractivity contribution in [2.75, 3.05) is 6.61 Å². The molecule has 14 heavy (non-hydrogen) atoms. The molecule has 1 aromatic rings. The van der Waals surface area contributed by atoms with Gasteiger partial charge in [-0.25, -0.2) is 0 Å². The van der Waals surface area contributed by atoms with Crippen LogP contribution in [0.1, 0.15) is 12.5 Å². The molecule has 0 amide bonds. The van der Waals surface area contributed by atoms with Gasteiger partial charge >= 0.3 is 5.69 Å². The average molecular weight is 192 g/mol. The molecule has 0 aliphatic rings. The van der Waals surface area contributed by atoms with Gasteiger partial charge in [0.2, 0.25) is 0 Å². The van der Waals surface area contributed by atoms with Crippen LogP contribution in [0.3, 0.4) is 0 Å². The van der Waals surface area contributed by atoms with Crippen molar-refractivity contribution in [3.05, 3.63) is 33.9 Å². The predicted molar refractivity (Wildman–Crippen MR) is 49.0 cm³/mol. The maximum absolute atomic E-state index is 10.7. The first kappa shape index (κ1) is 9.99. The molecule has 0 heterocycles. The maximum atomic E-state index is 10.7. The number of nitrogens with zero attached hydrogens (tertiary/aromatic N) is 2. The monoisotopic (exact) mass is 192 g/mol.